The second-order valence-corrected chi connectivity index (χ2v) is 8.12. The van der Waals surface area contributed by atoms with Crippen molar-refractivity contribution >= 4 is 17.8 Å². The maximum Gasteiger partial charge on any atom is 0.303 e. The van der Waals surface area contributed by atoms with Gasteiger partial charge in [-0.15, -0.1) is 0 Å². The molecule has 2 fully saturated rings. The smallest absolute Gasteiger partial charge is 0.303 e. The summed E-state index contributed by atoms with van der Waals surface area (Å²) in [5.41, 5.74) is 0.179. The number of nitrogens with zero attached hydrogens (tertiary/aromatic N) is 5. The predicted octanol–water partition coefficient (Wildman–Crippen LogP) is 0.826. The Bertz CT molecular complexity index is 1090. The minimum Gasteiger partial charge on any atom is -0.453 e. The molecule has 4 atom stereocenters. The molecule has 0 radical (unpaired) electrons. The first kappa shape index (κ1) is 21.0. The minimum atomic E-state index is -0.805. The number of ether oxygens (including phenoxy) is 1. The number of carbonyl (C=O) groups is 2. The summed E-state index contributed by atoms with van der Waals surface area (Å²) in [4.78, 5) is 48.0. The zero-order chi connectivity index (χ0) is 22.4. The van der Waals surface area contributed by atoms with E-state index in [1.54, 1.807) is 18.9 Å². The molecule has 0 N–H and O–H groups in total. The number of pyridine rings is 1. The van der Waals surface area contributed by atoms with E-state index in [9.17, 15) is 18.8 Å². The number of fused-ring (bicyclic) bond motifs is 1. The minimum absolute atomic E-state index is 0.115. The normalized spacial score (nSPS) is 22.6. The van der Waals surface area contributed by atoms with E-state index in [0.717, 1.165) is 6.20 Å². The number of amides is 1. The molecule has 9 nitrogen and oxygen atoms in total. The molecule has 0 bridgehead atoms. The zero-order valence-corrected chi connectivity index (χ0v) is 17.8. The summed E-state index contributed by atoms with van der Waals surface area (Å²) >= 11 is 0. The van der Waals surface area contributed by atoms with Gasteiger partial charge in [-0.25, -0.2) is 9.37 Å². The van der Waals surface area contributed by atoms with Gasteiger partial charge in [0.05, 0.1) is 11.9 Å². The van der Waals surface area contributed by atoms with Gasteiger partial charge in [0.25, 0.3) is 11.5 Å². The van der Waals surface area contributed by atoms with Gasteiger partial charge < -0.3 is 14.5 Å². The quantitative estimate of drug-likeness (QED) is 0.650. The van der Waals surface area contributed by atoms with Gasteiger partial charge in [-0.05, 0) is 13.0 Å². The van der Waals surface area contributed by atoms with Crippen LogP contribution in [-0.2, 0) is 21.4 Å². The van der Waals surface area contributed by atoms with E-state index in [1.165, 1.54) is 29.8 Å². The van der Waals surface area contributed by atoms with Crippen molar-refractivity contribution in [3.05, 3.63) is 40.7 Å². The molecule has 10 heteroatoms. The molecule has 1 aliphatic carbocycles. The summed E-state index contributed by atoms with van der Waals surface area (Å²) < 4.78 is 20.6. The summed E-state index contributed by atoms with van der Waals surface area (Å²) in [5, 5.41) is 0. The molecule has 0 unspecified atom stereocenters. The van der Waals surface area contributed by atoms with Crippen molar-refractivity contribution < 1.29 is 18.7 Å². The van der Waals surface area contributed by atoms with E-state index in [-0.39, 0.29) is 40.6 Å². The van der Waals surface area contributed by atoms with Crippen molar-refractivity contribution in [2.24, 2.45) is 18.9 Å². The zero-order valence-electron chi connectivity index (χ0n) is 17.8. The molecule has 3 heterocycles. The first-order valence-electron chi connectivity index (χ1n) is 10.1. The molecule has 164 valence electrons. The Hall–Kier alpha value is -3.30. The number of rotatable bonds is 5. The van der Waals surface area contributed by atoms with Gasteiger partial charge in [-0.2, -0.15) is 0 Å². The lowest BCUT2D eigenvalue weighted by Gasteiger charge is -2.27. The van der Waals surface area contributed by atoms with Gasteiger partial charge in [0, 0.05) is 69.8 Å². The molecule has 4 rings (SSSR count). The van der Waals surface area contributed by atoms with Crippen LogP contribution >= 0.6 is 0 Å². The topological polar surface area (TPSA) is 97.6 Å². The molecule has 2 aliphatic rings. The van der Waals surface area contributed by atoms with Crippen molar-refractivity contribution in [1.82, 2.24) is 19.4 Å². The number of hydrogen-bond donors (Lipinski definition) is 0. The molecule has 1 saturated carbocycles. The second-order valence-electron chi connectivity index (χ2n) is 8.12. The van der Waals surface area contributed by atoms with Crippen LogP contribution in [0.25, 0.3) is 11.3 Å². The molecule has 31 heavy (non-hydrogen) atoms. The Balaban J connectivity index is 1.51. The summed E-state index contributed by atoms with van der Waals surface area (Å²) in [6, 6.07) is 2.91. The van der Waals surface area contributed by atoms with Gasteiger partial charge in [0.2, 0.25) is 5.95 Å². The average Bonchev–Trinajstić information content (AvgIpc) is 3.21. The van der Waals surface area contributed by atoms with Gasteiger partial charge in [0.15, 0.2) is 11.9 Å². The third-order valence-electron chi connectivity index (χ3n) is 6.07. The largest absolute Gasteiger partial charge is 0.453 e. The lowest BCUT2D eigenvalue weighted by molar-refractivity contribution is -0.157. The Labute approximate surface area is 178 Å². The SMILES string of the molecule is CC(=O)O[C@@H](C)C(=O)N1C[C@@H]2[C@H](C1)[C@@H]2N(C)c1nc(-c2ccncc2F)cc(=O)n1C. The highest BCUT2D eigenvalue weighted by Crippen LogP contribution is 2.49. The Morgan fingerprint density at radius 3 is 2.61 bits per heavy atom. The van der Waals surface area contributed by atoms with Crippen molar-refractivity contribution in [2.45, 2.75) is 26.0 Å². The van der Waals surface area contributed by atoms with E-state index in [2.05, 4.69) is 9.97 Å². The van der Waals surface area contributed by atoms with Crippen LogP contribution < -0.4 is 10.5 Å². The van der Waals surface area contributed by atoms with E-state index in [4.69, 9.17) is 4.74 Å². The Kier molecular flexibility index (Phi) is 5.24. The van der Waals surface area contributed by atoms with Gasteiger partial charge in [0.1, 0.15) is 0 Å². The summed E-state index contributed by atoms with van der Waals surface area (Å²) in [5.74, 6) is -0.335. The number of aromatic nitrogens is 3. The number of halogens is 1. The number of piperidine rings is 1. The summed E-state index contributed by atoms with van der Waals surface area (Å²) in [6.45, 7) is 3.95. The maximum atomic E-state index is 14.2. The van der Waals surface area contributed by atoms with Crippen LogP contribution in [-0.4, -0.2) is 63.6 Å². The number of anilines is 1. The fraction of sp³-hybridized carbons (Fsp3) is 0.476. The first-order chi connectivity index (χ1) is 14.7. The second kappa shape index (κ2) is 7.75. The summed E-state index contributed by atoms with van der Waals surface area (Å²) in [7, 11) is 3.48. The van der Waals surface area contributed by atoms with Crippen LogP contribution in [0.4, 0.5) is 10.3 Å². The number of likely N-dealkylation sites (tertiary alicyclic amines) is 1. The highest BCUT2D eigenvalue weighted by molar-refractivity contribution is 5.83. The number of carbonyl (C=O) groups excluding carboxylic acids is 2. The van der Waals surface area contributed by atoms with Crippen LogP contribution in [0.3, 0.4) is 0 Å². The van der Waals surface area contributed by atoms with Crippen molar-refractivity contribution in [2.75, 3.05) is 25.0 Å². The highest BCUT2D eigenvalue weighted by atomic mass is 19.1. The first-order valence-corrected chi connectivity index (χ1v) is 10.1. The van der Waals surface area contributed by atoms with Crippen molar-refractivity contribution in [1.29, 1.82) is 0 Å². The lowest BCUT2D eigenvalue weighted by Crippen LogP contribution is -2.42. The van der Waals surface area contributed by atoms with E-state index in [0.29, 0.717) is 19.0 Å². The van der Waals surface area contributed by atoms with Gasteiger partial charge in [-0.1, -0.05) is 0 Å². The fourth-order valence-corrected chi connectivity index (χ4v) is 4.50. The Morgan fingerprint density at radius 1 is 1.32 bits per heavy atom. The monoisotopic (exact) mass is 429 g/mol. The molecule has 2 aromatic heterocycles. The highest BCUT2D eigenvalue weighted by Gasteiger charge is 2.59. The molecule has 1 saturated heterocycles. The van der Waals surface area contributed by atoms with Crippen LogP contribution in [0.15, 0.2) is 29.3 Å². The standard InChI is InChI=1S/C21H24FN5O4/c1-11(31-12(2)28)20(30)27-9-14-15(10-27)19(14)26(4)21-24-17(7-18(29)25(21)3)13-5-6-23-8-16(13)22/h5-8,11,14-15,19H,9-10H2,1-4H3/t11-,14-,15+,19-/m0/s1. The van der Waals surface area contributed by atoms with E-state index < -0.39 is 17.9 Å². The van der Waals surface area contributed by atoms with Crippen molar-refractivity contribution in [3.63, 3.8) is 0 Å². The van der Waals surface area contributed by atoms with Crippen LogP contribution in [0.1, 0.15) is 13.8 Å². The third-order valence-corrected chi connectivity index (χ3v) is 6.07. The summed E-state index contributed by atoms with van der Waals surface area (Å²) in [6.07, 6.45) is 1.74. The molecular formula is C21H24FN5O4. The van der Waals surface area contributed by atoms with Crippen LogP contribution in [0.5, 0.6) is 0 Å². The van der Waals surface area contributed by atoms with Gasteiger partial charge >= 0.3 is 5.97 Å². The van der Waals surface area contributed by atoms with E-state index in [1.807, 2.05) is 11.9 Å². The molecule has 0 spiro atoms. The fourth-order valence-electron chi connectivity index (χ4n) is 4.50. The van der Waals surface area contributed by atoms with Gasteiger partial charge in [-0.3, -0.25) is 23.9 Å². The average molecular weight is 429 g/mol. The van der Waals surface area contributed by atoms with Crippen molar-refractivity contribution in [3.8, 4) is 11.3 Å². The van der Waals surface area contributed by atoms with Crippen LogP contribution in [0.2, 0.25) is 0 Å². The molecule has 2 aromatic rings. The van der Waals surface area contributed by atoms with Crippen LogP contribution in [0, 0.1) is 17.7 Å². The third kappa shape index (κ3) is 3.77. The number of esters is 1. The van der Waals surface area contributed by atoms with E-state index >= 15 is 0 Å². The Morgan fingerprint density at radius 2 is 2.00 bits per heavy atom. The number of hydrogen-bond acceptors (Lipinski definition) is 7. The molecule has 0 aromatic carbocycles. The molecular weight excluding hydrogens is 405 g/mol. The lowest BCUT2D eigenvalue weighted by atomic mass is 10.2. The maximum absolute atomic E-state index is 14.2. The molecule has 1 aliphatic heterocycles. The predicted molar refractivity (Wildman–Crippen MR) is 110 cm³/mol. The molecule has 1 amide bonds.